The third-order valence-electron chi connectivity index (χ3n) is 3.94. The minimum absolute atomic E-state index is 0.394. The largest absolute Gasteiger partial charge is 0.389 e. The van der Waals surface area contributed by atoms with Crippen LogP contribution < -0.4 is 5.32 Å². The zero-order chi connectivity index (χ0) is 14.7. The molecule has 0 amide bonds. The van der Waals surface area contributed by atoms with Crippen LogP contribution in [-0.2, 0) is 9.47 Å². The van der Waals surface area contributed by atoms with Crippen molar-refractivity contribution in [2.45, 2.75) is 58.5 Å². The third-order valence-corrected chi connectivity index (χ3v) is 3.94. The molecule has 0 radical (unpaired) electrons. The summed E-state index contributed by atoms with van der Waals surface area (Å²) in [6.45, 7) is 8.45. The van der Waals surface area contributed by atoms with Crippen molar-refractivity contribution in [1.29, 1.82) is 0 Å². The van der Waals surface area contributed by atoms with Crippen molar-refractivity contribution < 1.29 is 14.6 Å². The van der Waals surface area contributed by atoms with Crippen LogP contribution in [0.1, 0.15) is 52.4 Å². The van der Waals surface area contributed by atoms with E-state index >= 15 is 0 Å². The van der Waals surface area contributed by atoms with Crippen LogP contribution >= 0.6 is 0 Å². The molecule has 120 valence electrons. The Bertz CT molecular complexity index is 232. The molecule has 1 saturated carbocycles. The van der Waals surface area contributed by atoms with E-state index in [1.807, 2.05) is 0 Å². The molecule has 0 saturated heterocycles. The second kappa shape index (κ2) is 10.6. The monoisotopic (exact) mass is 287 g/mol. The molecule has 1 rings (SSSR count). The molecule has 0 heterocycles. The maximum absolute atomic E-state index is 9.81. The maximum atomic E-state index is 9.81. The first-order chi connectivity index (χ1) is 9.72. The summed E-state index contributed by atoms with van der Waals surface area (Å²) in [4.78, 5) is 0. The molecule has 1 fully saturated rings. The molecule has 1 atom stereocenters. The van der Waals surface area contributed by atoms with Gasteiger partial charge in [0.15, 0.2) is 0 Å². The quantitative estimate of drug-likeness (QED) is 0.482. The molecule has 1 aliphatic rings. The summed E-state index contributed by atoms with van der Waals surface area (Å²) in [7, 11) is 0. The van der Waals surface area contributed by atoms with E-state index in [4.69, 9.17) is 9.47 Å². The van der Waals surface area contributed by atoms with Crippen LogP contribution in [0.5, 0.6) is 0 Å². The van der Waals surface area contributed by atoms with Gasteiger partial charge in [0, 0.05) is 19.7 Å². The second-order valence-electron chi connectivity index (χ2n) is 6.08. The van der Waals surface area contributed by atoms with E-state index in [9.17, 15) is 5.11 Å². The maximum Gasteiger partial charge on any atom is 0.0897 e. The van der Waals surface area contributed by atoms with Gasteiger partial charge in [0.2, 0.25) is 0 Å². The summed E-state index contributed by atoms with van der Waals surface area (Å²) in [5.74, 6) is 0. The smallest absolute Gasteiger partial charge is 0.0897 e. The topological polar surface area (TPSA) is 50.7 Å². The standard InChI is InChI=1S/C16H33NO3/c1-3-5-9-19-10-11-20-13-15(18)12-17-14-16(6-4-2)7-8-16/h15,17-18H,3-14H2,1-2H3. The SMILES string of the molecule is CCCCOCCOCC(O)CNCC1(CCC)CC1. The Morgan fingerprint density at radius 1 is 1.10 bits per heavy atom. The Balaban J connectivity index is 1.87. The predicted molar refractivity (Wildman–Crippen MR) is 82.0 cm³/mol. The molecule has 0 aliphatic heterocycles. The van der Waals surface area contributed by atoms with Crippen LogP contribution in [0.2, 0.25) is 0 Å². The van der Waals surface area contributed by atoms with E-state index in [0.717, 1.165) is 26.0 Å². The van der Waals surface area contributed by atoms with Crippen LogP contribution in [0.3, 0.4) is 0 Å². The highest BCUT2D eigenvalue weighted by Gasteiger charge is 2.40. The Labute approximate surface area is 124 Å². The minimum atomic E-state index is -0.414. The lowest BCUT2D eigenvalue weighted by molar-refractivity contribution is 0.00363. The lowest BCUT2D eigenvalue weighted by Crippen LogP contribution is -2.34. The fourth-order valence-electron chi connectivity index (χ4n) is 2.47. The van der Waals surface area contributed by atoms with Crippen molar-refractivity contribution in [3.05, 3.63) is 0 Å². The van der Waals surface area contributed by atoms with Gasteiger partial charge in [-0.15, -0.1) is 0 Å². The predicted octanol–water partition coefficient (Wildman–Crippen LogP) is 2.35. The van der Waals surface area contributed by atoms with Crippen LogP contribution in [0.25, 0.3) is 0 Å². The molecule has 4 nitrogen and oxygen atoms in total. The number of unbranched alkanes of at least 4 members (excludes halogenated alkanes) is 1. The van der Waals surface area contributed by atoms with Gasteiger partial charge in [0.25, 0.3) is 0 Å². The molecule has 20 heavy (non-hydrogen) atoms. The first-order valence-electron chi connectivity index (χ1n) is 8.26. The first-order valence-corrected chi connectivity index (χ1v) is 8.26. The number of nitrogens with one attached hydrogen (secondary N) is 1. The van der Waals surface area contributed by atoms with Gasteiger partial charge in [0.05, 0.1) is 25.9 Å². The molecule has 0 aromatic rings. The van der Waals surface area contributed by atoms with Gasteiger partial charge in [0.1, 0.15) is 0 Å². The minimum Gasteiger partial charge on any atom is -0.389 e. The highest BCUT2D eigenvalue weighted by Crippen LogP contribution is 2.48. The average molecular weight is 287 g/mol. The average Bonchev–Trinajstić information content (AvgIpc) is 3.18. The van der Waals surface area contributed by atoms with E-state index < -0.39 is 6.10 Å². The van der Waals surface area contributed by atoms with Crippen LogP contribution in [0, 0.1) is 5.41 Å². The van der Waals surface area contributed by atoms with Crippen molar-refractivity contribution in [3.8, 4) is 0 Å². The second-order valence-corrected chi connectivity index (χ2v) is 6.08. The highest BCUT2D eigenvalue weighted by atomic mass is 16.5. The van der Waals surface area contributed by atoms with E-state index in [1.54, 1.807) is 0 Å². The zero-order valence-corrected chi connectivity index (χ0v) is 13.3. The lowest BCUT2D eigenvalue weighted by Gasteiger charge is -2.17. The van der Waals surface area contributed by atoms with E-state index in [0.29, 0.717) is 31.8 Å². The van der Waals surface area contributed by atoms with E-state index in [2.05, 4.69) is 19.2 Å². The van der Waals surface area contributed by atoms with Crippen LogP contribution in [0.4, 0.5) is 0 Å². The first kappa shape index (κ1) is 17.9. The Kier molecular flexibility index (Phi) is 9.44. The fourth-order valence-corrected chi connectivity index (χ4v) is 2.47. The Morgan fingerprint density at radius 3 is 2.50 bits per heavy atom. The molecule has 1 aliphatic carbocycles. The Morgan fingerprint density at radius 2 is 1.85 bits per heavy atom. The van der Waals surface area contributed by atoms with Crippen molar-refractivity contribution >= 4 is 0 Å². The van der Waals surface area contributed by atoms with Crippen LogP contribution in [0.15, 0.2) is 0 Å². The molecule has 4 heteroatoms. The van der Waals surface area contributed by atoms with Gasteiger partial charge in [-0.2, -0.15) is 0 Å². The summed E-state index contributed by atoms with van der Waals surface area (Å²) < 4.78 is 10.8. The summed E-state index contributed by atoms with van der Waals surface area (Å²) in [5, 5.41) is 13.2. The fraction of sp³-hybridized carbons (Fsp3) is 1.00. The number of rotatable bonds is 14. The lowest BCUT2D eigenvalue weighted by atomic mass is 10.0. The van der Waals surface area contributed by atoms with Crippen LogP contribution in [-0.4, -0.2) is 50.7 Å². The Hall–Kier alpha value is -0.160. The number of aliphatic hydroxyl groups is 1. The van der Waals surface area contributed by atoms with E-state index in [1.165, 1.54) is 25.7 Å². The number of ether oxygens (including phenoxy) is 2. The molecule has 0 aromatic carbocycles. The molecular weight excluding hydrogens is 254 g/mol. The number of aliphatic hydroxyl groups excluding tert-OH is 1. The van der Waals surface area contributed by atoms with Crippen molar-refractivity contribution in [3.63, 3.8) is 0 Å². The highest BCUT2D eigenvalue weighted by molar-refractivity contribution is 4.94. The van der Waals surface area contributed by atoms with Gasteiger partial charge >= 0.3 is 0 Å². The summed E-state index contributed by atoms with van der Waals surface area (Å²) in [6, 6.07) is 0. The van der Waals surface area contributed by atoms with Crippen molar-refractivity contribution in [2.24, 2.45) is 5.41 Å². The third kappa shape index (κ3) is 8.20. The summed E-state index contributed by atoms with van der Waals surface area (Å²) >= 11 is 0. The summed E-state index contributed by atoms with van der Waals surface area (Å²) in [5.41, 5.74) is 0.544. The normalized spacial score (nSPS) is 18.1. The molecule has 0 aromatic heterocycles. The summed E-state index contributed by atoms with van der Waals surface area (Å²) in [6.07, 6.45) is 7.10. The molecule has 2 N–H and O–H groups in total. The van der Waals surface area contributed by atoms with Gasteiger partial charge < -0.3 is 19.9 Å². The van der Waals surface area contributed by atoms with E-state index in [-0.39, 0.29) is 0 Å². The van der Waals surface area contributed by atoms with Gasteiger partial charge in [-0.1, -0.05) is 26.7 Å². The van der Waals surface area contributed by atoms with Gasteiger partial charge in [-0.3, -0.25) is 0 Å². The molecule has 1 unspecified atom stereocenters. The molecule has 0 spiro atoms. The number of hydrogen-bond donors (Lipinski definition) is 2. The molecule has 0 bridgehead atoms. The van der Waals surface area contributed by atoms with Crippen molar-refractivity contribution in [1.82, 2.24) is 5.32 Å². The van der Waals surface area contributed by atoms with Gasteiger partial charge in [-0.05, 0) is 31.1 Å². The zero-order valence-electron chi connectivity index (χ0n) is 13.3. The van der Waals surface area contributed by atoms with Crippen molar-refractivity contribution in [2.75, 3.05) is 39.5 Å². The molecular formula is C16H33NO3. The number of hydrogen-bond acceptors (Lipinski definition) is 4. The van der Waals surface area contributed by atoms with Gasteiger partial charge in [-0.25, -0.2) is 0 Å².